The number of hydrogen-bond acceptors (Lipinski definition) is 5. The number of fused-ring (bicyclic) bond motifs is 2. The maximum absolute atomic E-state index is 10.1. The molecule has 154 valence electrons. The number of phenols is 1. The molecule has 0 saturated carbocycles. The number of hydrogen-bond donors (Lipinski definition) is 3. The highest BCUT2D eigenvalue weighted by molar-refractivity contribution is 9.11. The van der Waals surface area contributed by atoms with Crippen molar-refractivity contribution in [1.82, 2.24) is 10.6 Å². The fourth-order valence-corrected chi connectivity index (χ4v) is 6.90. The van der Waals surface area contributed by atoms with Crippen LogP contribution in [0, 0.1) is 0 Å². The first kappa shape index (κ1) is 20.8. The molecule has 3 atom stereocenters. The minimum Gasteiger partial charge on any atom is -0.508 e. The predicted octanol–water partition coefficient (Wildman–Crippen LogP) is 5.40. The number of thioether (sulfide) groups is 1. The summed E-state index contributed by atoms with van der Waals surface area (Å²) in [4.78, 5) is 0. The third kappa shape index (κ3) is 4.22. The second-order valence-electron chi connectivity index (χ2n) is 8.49. The first-order valence-electron chi connectivity index (χ1n) is 9.82. The van der Waals surface area contributed by atoms with Crippen LogP contribution >= 0.6 is 27.7 Å². The summed E-state index contributed by atoms with van der Waals surface area (Å²) in [5, 5.41) is 17.7. The van der Waals surface area contributed by atoms with Crippen molar-refractivity contribution in [3.8, 4) is 11.5 Å². The van der Waals surface area contributed by atoms with Crippen LogP contribution in [0.2, 0.25) is 0 Å². The minimum absolute atomic E-state index is 0.104. The van der Waals surface area contributed by atoms with Crippen LogP contribution in [0.25, 0.3) is 0 Å². The lowest BCUT2D eigenvalue weighted by Gasteiger charge is -2.56. The number of nitrogens with one attached hydrogen (secondary N) is 2. The molecule has 2 heterocycles. The van der Waals surface area contributed by atoms with Gasteiger partial charge < -0.3 is 9.84 Å². The Labute approximate surface area is 185 Å². The molecule has 0 bridgehead atoms. The van der Waals surface area contributed by atoms with Crippen molar-refractivity contribution < 1.29 is 9.84 Å². The number of phenolic OH excluding ortho intramolecular Hbond substituents is 1. The van der Waals surface area contributed by atoms with Crippen LogP contribution in [0.15, 0.2) is 61.2 Å². The Kier molecular flexibility index (Phi) is 5.49. The number of halogens is 1. The number of rotatable bonds is 4. The summed E-state index contributed by atoms with van der Waals surface area (Å²) in [5.74, 6) is 1.75. The molecule has 3 N–H and O–H groups in total. The van der Waals surface area contributed by atoms with Gasteiger partial charge in [0, 0.05) is 29.3 Å². The van der Waals surface area contributed by atoms with Crippen molar-refractivity contribution in [2.75, 3.05) is 5.75 Å². The van der Waals surface area contributed by atoms with Crippen LogP contribution in [-0.2, 0) is 5.54 Å². The average Bonchev–Trinajstić information content (AvgIpc) is 2.65. The SMILES string of the molecule is C=CCS[C@]1(Br)NC(C)(C)C[C@@]2(C[C@@H](c3ccccc3)Oc3cc(O)ccc32)N1. The zero-order chi connectivity index (χ0) is 20.7. The minimum atomic E-state index is -0.503. The summed E-state index contributed by atoms with van der Waals surface area (Å²) in [6.07, 6.45) is 3.48. The smallest absolute Gasteiger partial charge is 0.176 e. The number of aromatic hydroxyl groups is 1. The standard InChI is InChI=1S/C23H27BrN2O2S/c1-4-12-29-23(24)25-21(2,3)15-22(26-23)14-20(16-8-6-5-7-9-16)28-19-13-17(27)10-11-18(19)22/h4-11,13,20,25-27H,1,12,14-15H2,2-3H3/t20-,22+,23+/m0/s1. The number of benzene rings is 2. The molecule has 4 rings (SSSR count). The van der Waals surface area contributed by atoms with Crippen molar-refractivity contribution in [2.24, 2.45) is 0 Å². The van der Waals surface area contributed by atoms with E-state index in [1.807, 2.05) is 30.3 Å². The lowest BCUT2D eigenvalue weighted by atomic mass is 9.72. The summed E-state index contributed by atoms with van der Waals surface area (Å²) >= 11 is 5.66. The van der Waals surface area contributed by atoms with E-state index in [9.17, 15) is 5.11 Å². The zero-order valence-corrected chi connectivity index (χ0v) is 19.1. The summed E-state index contributed by atoms with van der Waals surface area (Å²) < 4.78 is 5.88. The zero-order valence-electron chi connectivity index (χ0n) is 16.7. The molecule has 29 heavy (non-hydrogen) atoms. The molecule has 1 fully saturated rings. The molecule has 4 nitrogen and oxygen atoms in total. The van der Waals surface area contributed by atoms with Crippen LogP contribution in [0.4, 0.5) is 0 Å². The molecule has 2 aromatic carbocycles. The van der Waals surface area contributed by atoms with E-state index in [1.54, 1.807) is 23.9 Å². The lowest BCUT2D eigenvalue weighted by Crippen LogP contribution is -2.71. The third-order valence-electron chi connectivity index (χ3n) is 5.50. The maximum Gasteiger partial charge on any atom is 0.176 e. The lowest BCUT2D eigenvalue weighted by molar-refractivity contribution is 0.0469. The van der Waals surface area contributed by atoms with Crippen LogP contribution < -0.4 is 15.4 Å². The van der Waals surface area contributed by atoms with E-state index >= 15 is 0 Å². The van der Waals surface area contributed by atoms with E-state index in [-0.39, 0.29) is 22.9 Å². The summed E-state index contributed by atoms with van der Waals surface area (Å²) in [7, 11) is 0. The van der Waals surface area contributed by atoms with Crippen LogP contribution in [0.3, 0.4) is 0 Å². The average molecular weight is 475 g/mol. The molecular weight excluding hydrogens is 448 g/mol. The van der Waals surface area contributed by atoms with Gasteiger partial charge in [-0.1, -0.05) is 36.4 Å². The van der Waals surface area contributed by atoms with Gasteiger partial charge in [-0.2, -0.15) is 0 Å². The topological polar surface area (TPSA) is 53.5 Å². The normalized spacial score (nSPS) is 30.4. The summed E-state index contributed by atoms with van der Waals surface area (Å²) in [6, 6.07) is 15.8. The van der Waals surface area contributed by atoms with Crippen LogP contribution in [0.5, 0.6) is 11.5 Å². The Morgan fingerprint density at radius 1 is 1.24 bits per heavy atom. The Bertz CT molecular complexity index is 907. The molecule has 0 unspecified atom stereocenters. The fraction of sp³-hybridized carbons (Fsp3) is 0.391. The highest BCUT2D eigenvalue weighted by Gasteiger charge is 2.54. The molecular formula is C23H27BrN2O2S. The van der Waals surface area contributed by atoms with Gasteiger partial charge >= 0.3 is 0 Å². The Balaban J connectivity index is 1.81. The Morgan fingerprint density at radius 2 is 2.00 bits per heavy atom. The molecule has 2 aliphatic rings. The van der Waals surface area contributed by atoms with Gasteiger partial charge in [0.05, 0.1) is 5.54 Å². The van der Waals surface area contributed by atoms with Gasteiger partial charge in [-0.25, -0.2) is 0 Å². The molecule has 2 aromatic rings. The van der Waals surface area contributed by atoms with Gasteiger partial charge in [-0.3, -0.25) is 10.6 Å². The molecule has 0 radical (unpaired) electrons. The number of ether oxygens (including phenoxy) is 1. The maximum atomic E-state index is 10.1. The van der Waals surface area contributed by atoms with Gasteiger partial charge in [-0.15, -0.1) is 18.3 Å². The second-order valence-corrected chi connectivity index (χ2v) is 11.4. The summed E-state index contributed by atoms with van der Waals surface area (Å²) in [5.41, 5.74) is 1.77. The fourth-order valence-electron chi connectivity index (χ4n) is 4.63. The highest BCUT2D eigenvalue weighted by Crippen LogP contribution is 2.53. The van der Waals surface area contributed by atoms with E-state index in [2.05, 4.69) is 59.1 Å². The van der Waals surface area contributed by atoms with E-state index in [0.717, 1.165) is 35.5 Å². The van der Waals surface area contributed by atoms with Crippen molar-refractivity contribution >= 4 is 27.7 Å². The quantitative estimate of drug-likeness (QED) is 0.314. The van der Waals surface area contributed by atoms with Gasteiger partial charge in [-0.05, 0) is 53.9 Å². The monoisotopic (exact) mass is 474 g/mol. The van der Waals surface area contributed by atoms with E-state index in [4.69, 9.17) is 4.74 Å². The molecule has 1 spiro atoms. The molecule has 0 aliphatic carbocycles. The van der Waals surface area contributed by atoms with Gasteiger partial charge in [0.1, 0.15) is 17.6 Å². The van der Waals surface area contributed by atoms with E-state index < -0.39 is 3.90 Å². The van der Waals surface area contributed by atoms with Crippen LogP contribution in [-0.4, -0.2) is 20.3 Å². The predicted molar refractivity (Wildman–Crippen MR) is 123 cm³/mol. The number of alkyl halides is 1. The highest BCUT2D eigenvalue weighted by atomic mass is 79.9. The first-order valence-corrected chi connectivity index (χ1v) is 11.6. The largest absolute Gasteiger partial charge is 0.508 e. The van der Waals surface area contributed by atoms with Gasteiger partial charge in [0.2, 0.25) is 0 Å². The van der Waals surface area contributed by atoms with Crippen molar-refractivity contribution in [3.63, 3.8) is 0 Å². The van der Waals surface area contributed by atoms with Crippen molar-refractivity contribution in [1.29, 1.82) is 0 Å². The molecule has 2 aliphatic heterocycles. The van der Waals surface area contributed by atoms with Crippen molar-refractivity contribution in [3.05, 3.63) is 72.3 Å². The molecule has 0 aromatic heterocycles. The van der Waals surface area contributed by atoms with E-state index in [0.29, 0.717) is 0 Å². The Morgan fingerprint density at radius 3 is 2.72 bits per heavy atom. The summed E-state index contributed by atoms with van der Waals surface area (Å²) in [6.45, 7) is 8.33. The molecule has 1 saturated heterocycles. The Hall–Kier alpha value is -1.47. The van der Waals surface area contributed by atoms with Gasteiger partial charge in [0.25, 0.3) is 0 Å². The van der Waals surface area contributed by atoms with Gasteiger partial charge in [0.15, 0.2) is 3.90 Å². The van der Waals surface area contributed by atoms with Crippen molar-refractivity contribution in [2.45, 2.75) is 47.8 Å². The van der Waals surface area contributed by atoms with E-state index in [1.165, 1.54) is 0 Å². The molecule has 6 heteroatoms. The third-order valence-corrected chi connectivity index (χ3v) is 7.59. The molecule has 0 amide bonds. The first-order chi connectivity index (χ1) is 13.7. The second kappa shape index (κ2) is 7.65. The van der Waals surface area contributed by atoms with Crippen LogP contribution in [0.1, 0.15) is 43.9 Å².